The number of nitrogens with one attached hydrogen (secondary N) is 1. The third kappa shape index (κ3) is 4.68. The van der Waals surface area contributed by atoms with E-state index in [1.807, 2.05) is 6.07 Å². The maximum Gasteiger partial charge on any atom is 0.137 e. The third-order valence-corrected chi connectivity index (χ3v) is 2.42. The van der Waals surface area contributed by atoms with Gasteiger partial charge in [-0.1, -0.05) is 6.92 Å². The normalized spacial score (nSPS) is 12.4. The number of rotatable bonds is 8. The van der Waals surface area contributed by atoms with Crippen molar-refractivity contribution in [1.82, 2.24) is 10.4 Å². The van der Waals surface area contributed by atoms with E-state index >= 15 is 0 Å². The van der Waals surface area contributed by atoms with Gasteiger partial charge in [0, 0.05) is 26.0 Å². The number of pyridine rings is 1. The minimum atomic E-state index is 0.0348. The van der Waals surface area contributed by atoms with Crippen LogP contribution in [0.2, 0.25) is 0 Å². The first-order chi connectivity index (χ1) is 8.31. The van der Waals surface area contributed by atoms with Gasteiger partial charge in [0.25, 0.3) is 0 Å². The molecule has 0 aliphatic heterocycles. The summed E-state index contributed by atoms with van der Waals surface area (Å²) in [7, 11) is 1.67. The minimum absolute atomic E-state index is 0.0348. The summed E-state index contributed by atoms with van der Waals surface area (Å²) < 4.78 is 10.6. The summed E-state index contributed by atoms with van der Waals surface area (Å²) in [6.07, 6.45) is 5.28. The van der Waals surface area contributed by atoms with Crippen LogP contribution in [-0.2, 0) is 4.74 Å². The van der Waals surface area contributed by atoms with Crippen LogP contribution in [0.1, 0.15) is 31.4 Å². The molecule has 1 atom stereocenters. The van der Waals surface area contributed by atoms with Crippen LogP contribution in [0.15, 0.2) is 18.5 Å². The maximum absolute atomic E-state index is 5.53. The Hall–Kier alpha value is -1.17. The van der Waals surface area contributed by atoms with Crippen LogP contribution in [0.3, 0.4) is 0 Å². The second kappa shape index (κ2) is 8.00. The van der Waals surface area contributed by atoms with Gasteiger partial charge in [0.1, 0.15) is 5.75 Å². The van der Waals surface area contributed by atoms with Crippen molar-refractivity contribution in [3.05, 3.63) is 24.0 Å². The standard InChI is InChI=1S/C12H21N3O2/c1-3-5-17-11-7-10(8-14-9-11)12(15-13)4-6-16-2/h7-9,12,15H,3-6,13H2,1-2H3. The molecule has 1 heterocycles. The summed E-state index contributed by atoms with van der Waals surface area (Å²) in [6, 6.07) is 2.00. The minimum Gasteiger partial charge on any atom is -0.492 e. The summed E-state index contributed by atoms with van der Waals surface area (Å²) >= 11 is 0. The molecule has 1 rings (SSSR count). The zero-order chi connectivity index (χ0) is 12.5. The molecule has 0 aromatic carbocycles. The van der Waals surface area contributed by atoms with Gasteiger partial charge >= 0.3 is 0 Å². The molecule has 0 aliphatic carbocycles. The van der Waals surface area contributed by atoms with Gasteiger partial charge in [-0.3, -0.25) is 16.3 Å². The highest BCUT2D eigenvalue weighted by Crippen LogP contribution is 2.19. The molecular weight excluding hydrogens is 218 g/mol. The second-order valence-electron chi connectivity index (χ2n) is 3.80. The van der Waals surface area contributed by atoms with Gasteiger partial charge in [-0.05, 0) is 24.5 Å². The molecule has 0 saturated heterocycles. The molecule has 1 aromatic rings. The zero-order valence-corrected chi connectivity index (χ0v) is 10.5. The first-order valence-electron chi connectivity index (χ1n) is 5.84. The fraction of sp³-hybridized carbons (Fsp3) is 0.583. The Morgan fingerprint density at radius 3 is 2.88 bits per heavy atom. The van der Waals surface area contributed by atoms with Gasteiger partial charge in [-0.25, -0.2) is 0 Å². The molecule has 1 aromatic heterocycles. The van der Waals surface area contributed by atoms with Crippen molar-refractivity contribution in [3.8, 4) is 5.75 Å². The number of ether oxygens (including phenoxy) is 2. The summed E-state index contributed by atoms with van der Waals surface area (Å²) in [4.78, 5) is 4.15. The van der Waals surface area contributed by atoms with E-state index in [0.29, 0.717) is 13.2 Å². The van der Waals surface area contributed by atoms with Crippen LogP contribution < -0.4 is 16.0 Å². The highest BCUT2D eigenvalue weighted by Gasteiger charge is 2.10. The lowest BCUT2D eigenvalue weighted by Gasteiger charge is -2.16. The molecular formula is C12H21N3O2. The molecule has 0 saturated carbocycles. The highest BCUT2D eigenvalue weighted by molar-refractivity contribution is 5.25. The van der Waals surface area contributed by atoms with Crippen molar-refractivity contribution in [2.75, 3.05) is 20.3 Å². The van der Waals surface area contributed by atoms with E-state index in [0.717, 1.165) is 24.2 Å². The van der Waals surface area contributed by atoms with Gasteiger partial charge in [0.15, 0.2) is 0 Å². The Kier molecular flexibility index (Phi) is 6.54. The molecule has 0 aliphatic rings. The highest BCUT2D eigenvalue weighted by atomic mass is 16.5. The lowest BCUT2D eigenvalue weighted by molar-refractivity contribution is 0.183. The van der Waals surface area contributed by atoms with Crippen LogP contribution >= 0.6 is 0 Å². The van der Waals surface area contributed by atoms with Crippen molar-refractivity contribution in [2.24, 2.45) is 5.84 Å². The Morgan fingerprint density at radius 1 is 1.41 bits per heavy atom. The number of methoxy groups -OCH3 is 1. The third-order valence-electron chi connectivity index (χ3n) is 2.42. The quantitative estimate of drug-likeness (QED) is 0.530. The molecule has 5 nitrogen and oxygen atoms in total. The predicted molar refractivity (Wildman–Crippen MR) is 66.6 cm³/mol. The number of aromatic nitrogens is 1. The maximum atomic E-state index is 5.53. The molecule has 3 N–H and O–H groups in total. The van der Waals surface area contributed by atoms with E-state index in [9.17, 15) is 0 Å². The van der Waals surface area contributed by atoms with Crippen LogP contribution in [0.25, 0.3) is 0 Å². The molecule has 0 bridgehead atoms. The van der Waals surface area contributed by atoms with E-state index in [4.69, 9.17) is 15.3 Å². The Labute approximate surface area is 102 Å². The number of hydrogen-bond acceptors (Lipinski definition) is 5. The average molecular weight is 239 g/mol. The van der Waals surface area contributed by atoms with Crippen LogP contribution in [0.4, 0.5) is 0 Å². The number of hydrazine groups is 1. The van der Waals surface area contributed by atoms with Crippen molar-refractivity contribution in [3.63, 3.8) is 0 Å². The smallest absolute Gasteiger partial charge is 0.137 e. The molecule has 17 heavy (non-hydrogen) atoms. The van der Waals surface area contributed by atoms with E-state index in [1.165, 1.54) is 0 Å². The first-order valence-corrected chi connectivity index (χ1v) is 5.84. The fourth-order valence-corrected chi connectivity index (χ4v) is 1.51. The topological polar surface area (TPSA) is 69.4 Å². The molecule has 0 fully saturated rings. The van der Waals surface area contributed by atoms with E-state index in [-0.39, 0.29) is 6.04 Å². The summed E-state index contributed by atoms with van der Waals surface area (Å²) in [5.74, 6) is 6.30. The van der Waals surface area contributed by atoms with Crippen LogP contribution in [0.5, 0.6) is 5.75 Å². The lowest BCUT2D eigenvalue weighted by atomic mass is 10.1. The monoisotopic (exact) mass is 239 g/mol. The van der Waals surface area contributed by atoms with E-state index in [2.05, 4.69) is 17.3 Å². The zero-order valence-electron chi connectivity index (χ0n) is 10.5. The Morgan fingerprint density at radius 2 is 2.24 bits per heavy atom. The number of hydrogen-bond donors (Lipinski definition) is 2. The van der Waals surface area contributed by atoms with Crippen molar-refractivity contribution in [2.45, 2.75) is 25.8 Å². The first kappa shape index (κ1) is 13.9. The second-order valence-corrected chi connectivity index (χ2v) is 3.80. The summed E-state index contributed by atoms with van der Waals surface area (Å²) in [5.41, 5.74) is 3.77. The number of nitrogens with zero attached hydrogens (tertiary/aromatic N) is 1. The lowest BCUT2D eigenvalue weighted by Crippen LogP contribution is -2.29. The van der Waals surface area contributed by atoms with Gasteiger partial charge in [0.2, 0.25) is 0 Å². The largest absolute Gasteiger partial charge is 0.492 e. The van der Waals surface area contributed by atoms with Crippen molar-refractivity contribution in [1.29, 1.82) is 0 Å². The summed E-state index contributed by atoms with van der Waals surface area (Å²) in [5, 5.41) is 0. The molecule has 96 valence electrons. The fourth-order valence-electron chi connectivity index (χ4n) is 1.51. The average Bonchev–Trinajstić information content (AvgIpc) is 2.38. The molecule has 5 heteroatoms. The van der Waals surface area contributed by atoms with E-state index in [1.54, 1.807) is 19.5 Å². The summed E-state index contributed by atoms with van der Waals surface area (Å²) in [6.45, 7) is 3.42. The number of nitrogens with two attached hydrogens (primary N) is 1. The van der Waals surface area contributed by atoms with Gasteiger partial charge < -0.3 is 9.47 Å². The van der Waals surface area contributed by atoms with Crippen LogP contribution in [-0.4, -0.2) is 25.3 Å². The SMILES string of the molecule is CCCOc1cncc(C(CCOC)NN)c1. The molecule has 0 radical (unpaired) electrons. The van der Waals surface area contributed by atoms with Gasteiger partial charge in [-0.15, -0.1) is 0 Å². The molecule has 0 spiro atoms. The predicted octanol–water partition coefficient (Wildman–Crippen LogP) is 1.41. The molecule has 1 unspecified atom stereocenters. The van der Waals surface area contributed by atoms with Gasteiger partial charge in [0.05, 0.1) is 12.8 Å². The Bertz CT molecular complexity index is 320. The van der Waals surface area contributed by atoms with Crippen molar-refractivity contribution >= 4 is 0 Å². The van der Waals surface area contributed by atoms with Crippen molar-refractivity contribution < 1.29 is 9.47 Å². The van der Waals surface area contributed by atoms with E-state index < -0.39 is 0 Å². The van der Waals surface area contributed by atoms with Crippen LogP contribution in [0, 0.1) is 0 Å². The Balaban J connectivity index is 2.66. The van der Waals surface area contributed by atoms with Gasteiger partial charge in [-0.2, -0.15) is 0 Å². The molecule has 0 amide bonds.